The van der Waals surface area contributed by atoms with Gasteiger partial charge in [0.25, 0.3) is 0 Å². The summed E-state index contributed by atoms with van der Waals surface area (Å²) in [6, 6.07) is 15.2. The fourth-order valence-corrected chi connectivity index (χ4v) is 4.31. The number of aliphatic hydroxyl groups is 1. The summed E-state index contributed by atoms with van der Waals surface area (Å²) in [5.41, 5.74) is 1.22. The van der Waals surface area contributed by atoms with Crippen molar-refractivity contribution < 1.29 is 9.50 Å². The predicted molar refractivity (Wildman–Crippen MR) is 111 cm³/mol. The van der Waals surface area contributed by atoms with Crippen molar-refractivity contribution in [3.8, 4) is 17.3 Å². The lowest BCUT2D eigenvalue weighted by Crippen LogP contribution is -2.37. The second-order valence-electron chi connectivity index (χ2n) is 7.01. The van der Waals surface area contributed by atoms with Gasteiger partial charge in [0.1, 0.15) is 24.1 Å². The molecule has 2 aromatic heterocycles. The Kier molecular flexibility index (Phi) is 5.40. The number of nitrogens with zero attached hydrogens (tertiary/aromatic N) is 5. The summed E-state index contributed by atoms with van der Waals surface area (Å²) in [7, 11) is 0. The average Bonchev–Trinajstić information content (AvgIpc) is 3.45. The number of benzene rings is 2. The number of halogens is 1. The van der Waals surface area contributed by atoms with Gasteiger partial charge in [-0.3, -0.25) is 0 Å². The molecule has 0 fully saturated rings. The highest BCUT2D eigenvalue weighted by Gasteiger charge is 2.39. The number of thiazole rings is 1. The summed E-state index contributed by atoms with van der Waals surface area (Å²) in [5, 5.41) is 27.4. The molecular formula is C22H18FN5OS. The Balaban J connectivity index is 1.70. The molecule has 6 nitrogen and oxygen atoms in total. The highest BCUT2D eigenvalue weighted by molar-refractivity contribution is 7.10. The number of rotatable bonds is 6. The monoisotopic (exact) mass is 419 g/mol. The zero-order valence-electron chi connectivity index (χ0n) is 16.1. The van der Waals surface area contributed by atoms with Crippen molar-refractivity contribution in [2.45, 2.75) is 25.0 Å². The van der Waals surface area contributed by atoms with Crippen LogP contribution in [-0.2, 0) is 12.1 Å². The topological polar surface area (TPSA) is 87.6 Å². The van der Waals surface area contributed by atoms with E-state index in [1.807, 2.05) is 24.4 Å². The second-order valence-corrected chi connectivity index (χ2v) is 7.90. The van der Waals surface area contributed by atoms with Crippen molar-refractivity contribution in [2.24, 2.45) is 0 Å². The SMILES string of the molecule is C[C@@H](c1nc(-c2ccc(C#N)cc2)cs1)[C@](O)(Cn1cncn1)c1cccc(F)c1. The van der Waals surface area contributed by atoms with Crippen molar-refractivity contribution >= 4 is 11.3 Å². The predicted octanol–water partition coefficient (Wildman–Crippen LogP) is 4.10. The van der Waals surface area contributed by atoms with Gasteiger partial charge in [-0.1, -0.05) is 31.2 Å². The molecule has 8 heteroatoms. The highest BCUT2D eigenvalue weighted by atomic mass is 32.1. The number of aromatic nitrogens is 4. The van der Waals surface area contributed by atoms with Gasteiger partial charge in [0.2, 0.25) is 0 Å². The highest BCUT2D eigenvalue weighted by Crippen LogP contribution is 2.40. The van der Waals surface area contributed by atoms with Crippen LogP contribution in [0, 0.1) is 17.1 Å². The Morgan fingerprint density at radius 1 is 1.27 bits per heavy atom. The van der Waals surface area contributed by atoms with Gasteiger partial charge in [-0.2, -0.15) is 10.4 Å². The standard InChI is InChI=1S/C22H18FN5OS/c1-15(21-27-20(11-30-21)17-7-5-16(10-24)6-8-17)22(29,12-28-14-25-13-26-28)18-3-2-4-19(23)9-18/h2-9,11,13-15,29H,12H2,1H3/t15-,22+/m0/s1. The van der Waals surface area contributed by atoms with Gasteiger partial charge in [-0.15, -0.1) is 11.3 Å². The van der Waals surface area contributed by atoms with Gasteiger partial charge in [0.15, 0.2) is 0 Å². The summed E-state index contributed by atoms with van der Waals surface area (Å²) >= 11 is 1.43. The molecule has 0 spiro atoms. The molecule has 0 aliphatic heterocycles. The lowest BCUT2D eigenvalue weighted by atomic mass is 9.82. The summed E-state index contributed by atoms with van der Waals surface area (Å²) < 4.78 is 15.5. The van der Waals surface area contributed by atoms with Crippen molar-refractivity contribution in [1.29, 1.82) is 5.26 Å². The van der Waals surface area contributed by atoms with E-state index in [-0.39, 0.29) is 6.54 Å². The van der Waals surface area contributed by atoms with E-state index in [0.717, 1.165) is 11.3 Å². The Bertz CT molecular complexity index is 1180. The minimum absolute atomic E-state index is 0.101. The van der Waals surface area contributed by atoms with Gasteiger partial charge >= 0.3 is 0 Å². The molecule has 2 aromatic carbocycles. The van der Waals surface area contributed by atoms with Crippen molar-refractivity contribution in [3.63, 3.8) is 0 Å². The van der Waals surface area contributed by atoms with E-state index >= 15 is 0 Å². The third-order valence-corrected chi connectivity index (χ3v) is 6.14. The summed E-state index contributed by atoms with van der Waals surface area (Å²) in [6.45, 7) is 1.96. The zero-order valence-corrected chi connectivity index (χ0v) is 16.9. The van der Waals surface area contributed by atoms with Crippen LogP contribution in [0.3, 0.4) is 0 Å². The van der Waals surface area contributed by atoms with E-state index in [9.17, 15) is 9.50 Å². The van der Waals surface area contributed by atoms with Gasteiger partial charge in [0.05, 0.1) is 28.9 Å². The molecule has 150 valence electrons. The minimum atomic E-state index is -1.45. The van der Waals surface area contributed by atoms with Crippen LogP contribution in [0.1, 0.15) is 29.0 Å². The number of nitriles is 1. The largest absolute Gasteiger partial charge is 0.382 e. The Morgan fingerprint density at radius 3 is 2.73 bits per heavy atom. The molecule has 0 amide bonds. The van der Waals surface area contributed by atoms with Crippen LogP contribution in [0.5, 0.6) is 0 Å². The third kappa shape index (κ3) is 3.85. The summed E-state index contributed by atoms with van der Waals surface area (Å²) in [5.74, 6) is -0.866. The maximum absolute atomic E-state index is 13.9. The second kappa shape index (κ2) is 8.14. The fraction of sp³-hybridized carbons (Fsp3) is 0.182. The maximum Gasteiger partial charge on any atom is 0.137 e. The van der Waals surface area contributed by atoms with Crippen molar-refractivity contribution in [3.05, 3.63) is 88.5 Å². The van der Waals surface area contributed by atoms with E-state index in [2.05, 4.69) is 16.2 Å². The van der Waals surface area contributed by atoms with E-state index in [1.165, 1.54) is 40.8 Å². The van der Waals surface area contributed by atoms with Crippen LogP contribution in [0.15, 0.2) is 66.6 Å². The molecule has 2 heterocycles. The lowest BCUT2D eigenvalue weighted by Gasteiger charge is -2.33. The smallest absolute Gasteiger partial charge is 0.137 e. The van der Waals surface area contributed by atoms with E-state index in [4.69, 9.17) is 10.2 Å². The first kappa shape index (κ1) is 19.9. The normalized spacial score (nSPS) is 14.1. The molecule has 0 aliphatic rings. The van der Waals surface area contributed by atoms with Crippen LogP contribution in [0.4, 0.5) is 4.39 Å². The first-order chi connectivity index (χ1) is 14.5. The van der Waals surface area contributed by atoms with Gasteiger partial charge in [0, 0.05) is 16.9 Å². The number of hydrogen-bond acceptors (Lipinski definition) is 6. The molecule has 0 saturated carbocycles. The first-order valence-electron chi connectivity index (χ1n) is 9.26. The molecule has 0 radical (unpaired) electrons. The molecule has 4 aromatic rings. The Morgan fingerprint density at radius 2 is 2.07 bits per heavy atom. The Labute approximate surface area is 176 Å². The molecule has 2 atom stereocenters. The molecule has 0 bridgehead atoms. The molecule has 1 N–H and O–H groups in total. The molecular weight excluding hydrogens is 401 g/mol. The molecule has 4 rings (SSSR count). The minimum Gasteiger partial charge on any atom is -0.382 e. The lowest BCUT2D eigenvalue weighted by molar-refractivity contribution is -0.00827. The van der Waals surface area contributed by atoms with Crippen molar-refractivity contribution in [2.75, 3.05) is 0 Å². The van der Waals surface area contributed by atoms with Crippen LogP contribution in [-0.4, -0.2) is 24.9 Å². The fourth-order valence-electron chi connectivity index (χ4n) is 3.34. The van der Waals surface area contributed by atoms with E-state index < -0.39 is 17.3 Å². The zero-order chi connectivity index (χ0) is 21.1. The van der Waals surface area contributed by atoms with Gasteiger partial charge in [-0.05, 0) is 29.8 Å². The maximum atomic E-state index is 13.9. The van der Waals surface area contributed by atoms with E-state index in [1.54, 1.807) is 24.3 Å². The first-order valence-corrected chi connectivity index (χ1v) is 10.1. The molecule has 0 unspecified atom stereocenters. The molecule has 0 aliphatic carbocycles. The van der Waals surface area contributed by atoms with Crippen LogP contribution in [0.25, 0.3) is 11.3 Å². The van der Waals surface area contributed by atoms with Crippen LogP contribution in [0.2, 0.25) is 0 Å². The molecule has 0 saturated heterocycles. The van der Waals surface area contributed by atoms with E-state index in [0.29, 0.717) is 16.1 Å². The number of hydrogen-bond donors (Lipinski definition) is 1. The van der Waals surface area contributed by atoms with Crippen LogP contribution >= 0.6 is 11.3 Å². The summed E-state index contributed by atoms with van der Waals surface area (Å²) in [4.78, 5) is 8.65. The van der Waals surface area contributed by atoms with Gasteiger partial charge < -0.3 is 5.11 Å². The molecule has 30 heavy (non-hydrogen) atoms. The average molecular weight is 419 g/mol. The quantitative estimate of drug-likeness (QED) is 0.508. The Hall–Kier alpha value is -3.41. The van der Waals surface area contributed by atoms with Crippen LogP contribution < -0.4 is 0 Å². The third-order valence-electron chi connectivity index (χ3n) is 5.11. The summed E-state index contributed by atoms with van der Waals surface area (Å²) in [6.07, 6.45) is 2.91. The van der Waals surface area contributed by atoms with Crippen molar-refractivity contribution in [1.82, 2.24) is 19.7 Å². The van der Waals surface area contributed by atoms with Gasteiger partial charge in [-0.25, -0.2) is 19.0 Å².